The van der Waals surface area contributed by atoms with E-state index < -0.39 is 0 Å². The van der Waals surface area contributed by atoms with Crippen molar-refractivity contribution < 1.29 is 0 Å². The zero-order chi connectivity index (χ0) is 15.5. The summed E-state index contributed by atoms with van der Waals surface area (Å²) in [5.41, 5.74) is 1.59. The Bertz CT molecular complexity index is 501. The molecule has 0 N–H and O–H groups in total. The van der Waals surface area contributed by atoms with Crippen LogP contribution in [0.15, 0.2) is 29.2 Å². The summed E-state index contributed by atoms with van der Waals surface area (Å²) in [6.07, 6.45) is 14.4. The van der Waals surface area contributed by atoms with Crippen LogP contribution in [0.3, 0.4) is 0 Å². The maximum absolute atomic E-state index is 2.40. The van der Waals surface area contributed by atoms with E-state index in [4.69, 9.17) is 0 Å². The van der Waals surface area contributed by atoms with E-state index >= 15 is 0 Å². The summed E-state index contributed by atoms with van der Waals surface area (Å²) < 4.78 is 1.14. The smallest absolute Gasteiger partial charge is 0.158 e. The van der Waals surface area contributed by atoms with Crippen LogP contribution in [0.2, 0.25) is 0 Å². The van der Waals surface area contributed by atoms with Crippen molar-refractivity contribution in [3.05, 3.63) is 24.3 Å². The van der Waals surface area contributed by atoms with E-state index in [2.05, 4.69) is 59.9 Å². The second kappa shape index (κ2) is 7.63. The maximum Gasteiger partial charge on any atom is 0.170 e. The quantitative estimate of drug-likeness (QED) is 0.415. The Kier molecular flexibility index (Phi) is 5.54. The van der Waals surface area contributed by atoms with Gasteiger partial charge >= 0.3 is 0 Å². The van der Waals surface area contributed by atoms with Gasteiger partial charge in [-0.1, -0.05) is 62.4 Å². The Hall–Kier alpha value is 0.230. The molecule has 1 nitrogen and oxygen atoms in total. The molecule has 0 atom stereocenters. The van der Waals surface area contributed by atoms with Crippen LogP contribution in [0.4, 0.5) is 5.69 Å². The van der Waals surface area contributed by atoms with Crippen molar-refractivity contribution in [1.29, 1.82) is 0 Å². The van der Waals surface area contributed by atoms with Gasteiger partial charge in [0.05, 0.1) is 39.3 Å². The van der Waals surface area contributed by atoms with E-state index in [1.165, 1.54) is 75.0 Å². The normalized spacial score (nSPS) is 25.4. The highest BCUT2D eigenvalue weighted by Gasteiger charge is 2.46. The number of benzene rings is 1. The second-order valence-corrected chi connectivity index (χ2v) is 11.4. The van der Waals surface area contributed by atoms with E-state index in [1.54, 1.807) is 5.69 Å². The molecule has 23 heavy (non-hydrogen) atoms. The summed E-state index contributed by atoms with van der Waals surface area (Å²) in [7, 11) is 0. The fourth-order valence-electron chi connectivity index (χ4n) is 4.11. The van der Waals surface area contributed by atoms with E-state index in [-0.39, 0.29) is 0 Å². The number of quaternary nitrogens is 1. The van der Waals surface area contributed by atoms with Gasteiger partial charge in [0.25, 0.3) is 0 Å². The van der Waals surface area contributed by atoms with Gasteiger partial charge in [-0.25, -0.2) is 0 Å². The van der Waals surface area contributed by atoms with Gasteiger partial charge in [0.1, 0.15) is 0 Å². The Balaban J connectivity index is 1.58. The fraction of sp³-hybridized carbons (Fsp3) is 0.684. The van der Waals surface area contributed by atoms with Gasteiger partial charge < -0.3 is 0 Å². The fourth-order valence-corrected chi connectivity index (χ4v) is 9.55. The van der Waals surface area contributed by atoms with Crippen molar-refractivity contribution >= 4 is 41.3 Å². The van der Waals surface area contributed by atoms with Gasteiger partial charge in [-0.05, 0) is 31.7 Å². The number of thioether (sulfide) groups is 1. The monoisotopic (exact) mass is 366 g/mol. The molecule has 2 fully saturated rings. The molecule has 2 aliphatic carbocycles. The summed E-state index contributed by atoms with van der Waals surface area (Å²) >= 11 is 6.67. The van der Waals surface area contributed by atoms with Crippen LogP contribution < -0.4 is 3.29 Å². The summed E-state index contributed by atoms with van der Waals surface area (Å²) in [4.78, 5) is 1.53. The van der Waals surface area contributed by atoms with Crippen LogP contribution in [0.1, 0.15) is 64.2 Å². The highest BCUT2D eigenvalue weighted by Crippen LogP contribution is 2.57. The lowest BCUT2D eigenvalue weighted by atomic mass is 10.0. The molecule has 4 heteroatoms. The van der Waals surface area contributed by atoms with E-state index in [1.807, 2.05) is 0 Å². The highest BCUT2D eigenvalue weighted by molar-refractivity contribution is 8.17. The summed E-state index contributed by atoms with van der Waals surface area (Å²) in [6.45, 7) is 0. The minimum absolute atomic E-state index is 0.867. The van der Waals surface area contributed by atoms with E-state index in [9.17, 15) is 0 Å². The molecule has 1 aliphatic heterocycles. The molecular weight excluding hydrogens is 338 g/mol. The predicted octanol–water partition coefficient (Wildman–Crippen LogP) is 7.02. The molecule has 0 amide bonds. The Labute approximate surface area is 154 Å². The average molecular weight is 367 g/mol. The van der Waals surface area contributed by atoms with Crippen molar-refractivity contribution in [1.82, 2.24) is 3.29 Å². The molecule has 0 aromatic heterocycles. The lowest BCUT2D eigenvalue weighted by Gasteiger charge is -2.36. The molecule has 4 rings (SSSR count). The first-order valence-corrected chi connectivity index (χ1v) is 12.0. The lowest BCUT2D eigenvalue weighted by molar-refractivity contribution is 0.506. The van der Waals surface area contributed by atoms with Crippen molar-refractivity contribution in [3.63, 3.8) is 0 Å². The second-order valence-electron chi connectivity index (χ2n) is 7.15. The first-order chi connectivity index (χ1) is 11.4. The number of rotatable bonds is 4. The number of hydrogen-bond acceptors (Lipinski definition) is 3. The molecule has 126 valence electrons. The molecule has 0 bridgehead atoms. The molecule has 0 unspecified atom stereocenters. The Morgan fingerprint density at radius 2 is 1.35 bits per heavy atom. The van der Waals surface area contributed by atoms with Crippen molar-refractivity contribution in [2.24, 2.45) is 0 Å². The Morgan fingerprint density at radius 1 is 0.783 bits per heavy atom. The highest BCUT2D eigenvalue weighted by atomic mass is 32.2. The molecule has 3 aliphatic rings. The lowest BCUT2D eigenvalue weighted by Crippen LogP contribution is -2.37. The largest absolute Gasteiger partial charge is 0.170 e. The van der Waals surface area contributed by atoms with Gasteiger partial charge in [0, 0.05) is 6.07 Å². The van der Waals surface area contributed by atoms with Gasteiger partial charge in [-0.2, -0.15) is 3.29 Å². The van der Waals surface area contributed by atoms with Crippen molar-refractivity contribution in [2.45, 2.75) is 79.6 Å². The van der Waals surface area contributed by atoms with Crippen LogP contribution >= 0.6 is 35.7 Å². The molecule has 0 spiro atoms. The molecule has 0 saturated heterocycles. The SMILES string of the molecule is c1ccc2c(c1)SC[N+]2(SC1CCCCC1)SC1CCCCC1. The number of para-hydroxylation sites is 1. The average Bonchev–Trinajstić information content (AvgIpc) is 2.96. The maximum atomic E-state index is 2.40. The molecule has 1 aromatic rings. The third-order valence-corrected chi connectivity index (χ3v) is 10.3. The summed E-state index contributed by atoms with van der Waals surface area (Å²) in [6, 6.07) is 9.20. The third-order valence-electron chi connectivity index (χ3n) is 5.37. The van der Waals surface area contributed by atoms with Crippen molar-refractivity contribution in [3.8, 4) is 0 Å². The molecular formula is C19H28NS3+. The number of hydrogen-bond donors (Lipinski definition) is 0. The van der Waals surface area contributed by atoms with Crippen LogP contribution in [-0.2, 0) is 0 Å². The first kappa shape index (κ1) is 16.7. The van der Waals surface area contributed by atoms with E-state index in [0.717, 1.165) is 13.8 Å². The van der Waals surface area contributed by atoms with Crippen LogP contribution in [0.5, 0.6) is 0 Å². The first-order valence-electron chi connectivity index (χ1n) is 9.33. The van der Waals surface area contributed by atoms with Gasteiger partial charge in [0.2, 0.25) is 0 Å². The standard InChI is InChI=1S/C19H28NS3/c1-3-9-16(10-4-1)22-20(23-17-11-5-2-6-12-17)15-21-19-14-8-7-13-18(19)20/h7-8,13-14,16-17H,1-6,9-12,15H2/q+1. The zero-order valence-corrected chi connectivity index (χ0v) is 16.4. The van der Waals surface area contributed by atoms with Gasteiger partial charge in [0.15, 0.2) is 11.6 Å². The van der Waals surface area contributed by atoms with Crippen LogP contribution in [0, 0.1) is 0 Å². The van der Waals surface area contributed by atoms with Gasteiger partial charge in [-0.3, -0.25) is 0 Å². The summed E-state index contributed by atoms with van der Waals surface area (Å²) in [5, 5.41) is 1.73. The van der Waals surface area contributed by atoms with Gasteiger partial charge in [-0.15, -0.1) is 0 Å². The van der Waals surface area contributed by atoms with Crippen molar-refractivity contribution in [2.75, 3.05) is 5.88 Å². The topological polar surface area (TPSA) is 0 Å². The minimum Gasteiger partial charge on any atom is -0.158 e. The predicted molar refractivity (Wildman–Crippen MR) is 108 cm³/mol. The molecule has 0 radical (unpaired) electrons. The molecule has 1 aromatic carbocycles. The van der Waals surface area contributed by atoms with Crippen LogP contribution in [-0.4, -0.2) is 16.4 Å². The number of fused-ring (bicyclic) bond motifs is 1. The number of nitrogens with zero attached hydrogens (tertiary/aromatic N) is 1. The molecule has 1 heterocycles. The Morgan fingerprint density at radius 3 is 1.96 bits per heavy atom. The molecule has 2 saturated carbocycles. The van der Waals surface area contributed by atoms with Crippen LogP contribution in [0.25, 0.3) is 0 Å². The third kappa shape index (κ3) is 3.75. The van der Waals surface area contributed by atoms with E-state index in [0.29, 0.717) is 0 Å². The summed E-state index contributed by atoms with van der Waals surface area (Å²) in [5.74, 6) is 1.22. The zero-order valence-electron chi connectivity index (χ0n) is 13.9. The minimum atomic E-state index is 0.867.